The Balaban J connectivity index is 2.24. The number of benzene rings is 1. The number of methoxy groups -OCH3 is 1. The summed E-state index contributed by atoms with van der Waals surface area (Å²) in [6.45, 7) is 1.84. The van der Waals surface area contributed by atoms with Crippen molar-refractivity contribution in [2.45, 2.75) is 25.8 Å². The molecular weight excluding hydrogens is 338 g/mol. The molecular formula is C15H18BrNO4. The van der Waals surface area contributed by atoms with E-state index in [1.54, 1.807) is 37.1 Å². The standard InChI is InChI=1S/C15H18BrNO4/c1-9(15(19)20)8-17(10-3-4-10)14(18)12-7-11(21-2)5-6-13(12)16/h5-7,9-10H,3-4,8H2,1-2H3,(H,19,20)/t9-/m0/s1. The fourth-order valence-corrected chi connectivity index (χ4v) is 2.52. The Morgan fingerprint density at radius 3 is 2.67 bits per heavy atom. The van der Waals surface area contributed by atoms with Gasteiger partial charge >= 0.3 is 5.97 Å². The van der Waals surface area contributed by atoms with Crippen LogP contribution in [0.25, 0.3) is 0 Å². The first-order chi connectivity index (χ1) is 9.93. The molecule has 1 fully saturated rings. The smallest absolute Gasteiger partial charge is 0.308 e. The summed E-state index contributed by atoms with van der Waals surface area (Å²) in [4.78, 5) is 25.4. The van der Waals surface area contributed by atoms with Crippen LogP contribution < -0.4 is 4.74 Å². The Labute approximate surface area is 132 Å². The second-order valence-corrected chi connectivity index (χ2v) is 6.13. The first kappa shape index (κ1) is 15.8. The van der Waals surface area contributed by atoms with Crippen molar-refractivity contribution in [3.8, 4) is 5.75 Å². The number of carbonyl (C=O) groups excluding carboxylic acids is 1. The number of rotatable bonds is 6. The van der Waals surface area contributed by atoms with Crippen LogP contribution in [0.3, 0.4) is 0 Å². The van der Waals surface area contributed by atoms with E-state index in [-0.39, 0.29) is 18.5 Å². The topological polar surface area (TPSA) is 66.8 Å². The third kappa shape index (κ3) is 3.75. The minimum Gasteiger partial charge on any atom is -0.497 e. The first-order valence-electron chi connectivity index (χ1n) is 6.81. The molecule has 2 rings (SSSR count). The minimum atomic E-state index is -0.891. The molecule has 1 amide bonds. The van der Waals surface area contributed by atoms with Crippen LogP contribution in [0.15, 0.2) is 22.7 Å². The lowest BCUT2D eigenvalue weighted by molar-refractivity contribution is -0.141. The number of aliphatic carboxylic acids is 1. The second-order valence-electron chi connectivity index (χ2n) is 5.27. The van der Waals surface area contributed by atoms with E-state index in [2.05, 4.69) is 15.9 Å². The number of nitrogens with zero attached hydrogens (tertiary/aromatic N) is 1. The molecule has 0 unspecified atom stereocenters. The molecule has 5 nitrogen and oxygen atoms in total. The number of carboxylic acids is 1. The van der Waals surface area contributed by atoms with Crippen molar-refractivity contribution in [3.05, 3.63) is 28.2 Å². The predicted octanol–water partition coefficient (Wildman–Crippen LogP) is 2.78. The summed E-state index contributed by atoms with van der Waals surface area (Å²) in [5.74, 6) is -1.03. The number of carbonyl (C=O) groups is 2. The van der Waals surface area contributed by atoms with Crippen molar-refractivity contribution in [1.29, 1.82) is 0 Å². The number of hydrogen-bond acceptors (Lipinski definition) is 3. The highest BCUT2D eigenvalue weighted by molar-refractivity contribution is 9.10. The van der Waals surface area contributed by atoms with Crippen molar-refractivity contribution < 1.29 is 19.4 Å². The molecule has 1 saturated carbocycles. The lowest BCUT2D eigenvalue weighted by atomic mass is 10.1. The van der Waals surface area contributed by atoms with E-state index in [1.807, 2.05) is 0 Å². The normalized spacial score (nSPS) is 15.4. The lowest BCUT2D eigenvalue weighted by Crippen LogP contribution is -2.38. The average Bonchev–Trinajstić information content (AvgIpc) is 3.28. The van der Waals surface area contributed by atoms with Crippen molar-refractivity contribution in [1.82, 2.24) is 4.90 Å². The number of ether oxygens (including phenoxy) is 1. The van der Waals surface area contributed by atoms with Crippen LogP contribution >= 0.6 is 15.9 Å². The molecule has 0 radical (unpaired) electrons. The SMILES string of the molecule is COc1ccc(Br)c(C(=O)N(C[C@H](C)C(=O)O)C2CC2)c1. The van der Waals surface area contributed by atoms with Gasteiger partial charge in [0.05, 0.1) is 18.6 Å². The van der Waals surface area contributed by atoms with Gasteiger partial charge in [-0.2, -0.15) is 0 Å². The molecule has 1 N–H and O–H groups in total. The van der Waals surface area contributed by atoms with Crippen LogP contribution in [0, 0.1) is 5.92 Å². The summed E-state index contributed by atoms with van der Waals surface area (Å²) >= 11 is 3.37. The molecule has 1 aliphatic rings. The van der Waals surface area contributed by atoms with E-state index in [9.17, 15) is 9.59 Å². The van der Waals surface area contributed by atoms with Crippen LogP contribution in [-0.2, 0) is 4.79 Å². The molecule has 6 heteroatoms. The van der Waals surface area contributed by atoms with Gasteiger partial charge in [-0.05, 0) is 47.0 Å². The average molecular weight is 356 g/mol. The molecule has 1 aromatic carbocycles. The lowest BCUT2D eigenvalue weighted by Gasteiger charge is -2.25. The highest BCUT2D eigenvalue weighted by Crippen LogP contribution is 2.31. The molecule has 0 heterocycles. The Hall–Kier alpha value is -1.56. The molecule has 0 saturated heterocycles. The molecule has 1 aliphatic carbocycles. The highest BCUT2D eigenvalue weighted by atomic mass is 79.9. The summed E-state index contributed by atoms with van der Waals surface area (Å²) in [5.41, 5.74) is 0.499. The molecule has 0 bridgehead atoms. The number of amides is 1. The van der Waals surface area contributed by atoms with Gasteiger partial charge in [0, 0.05) is 17.1 Å². The summed E-state index contributed by atoms with van der Waals surface area (Å²) in [5, 5.41) is 9.05. The second kappa shape index (κ2) is 6.47. The van der Waals surface area contributed by atoms with E-state index < -0.39 is 11.9 Å². The number of carboxylic acid groups (broad SMARTS) is 1. The summed E-state index contributed by atoms with van der Waals surface area (Å²) in [6.07, 6.45) is 1.86. The van der Waals surface area contributed by atoms with Gasteiger partial charge in [-0.25, -0.2) is 0 Å². The molecule has 21 heavy (non-hydrogen) atoms. The Morgan fingerprint density at radius 2 is 2.14 bits per heavy atom. The maximum absolute atomic E-state index is 12.7. The number of halogens is 1. The van der Waals surface area contributed by atoms with Crippen molar-refractivity contribution >= 4 is 27.8 Å². The molecule has 1 aromatic rings. The van der Waals surface area contributed by atoms with Crippen molar-refractivity contribution in [2.24, 2.45) is 5.92 Å². The van der Waals surface area contributed by atoms with Crippen LogP contribution in [-0.4, -0.2) is 41.6 Å². The molecule has 0 spiro atoms. The fraction of sp³-hybridized carbons (Fsp3) is 0.467. The van der Waals surface area contributed by atoms with E-state index in [0.717, 1.165) is 12.8 Å². The monoisotopic (exact) mass is 355 g/mol. The summed E-state index contributed by atoms with van der Waals surface area (Å²) in [7, 11) is 1.54. The summed E-state index contributed by atoms with van der Waals surface area (Å²) in [6, 6.07) is 5.35. The van der Waals surface area contributed by atoms with Crippen LogP contribution in [0.4, 0.5) is 0 Å². The minimum absolute atomic E-state index is 0.150. The molecule has 0 aliphatic heterocycles. The first-order valence-corrected chi connectivity index (χ1v) is 7.60. The zero-order valence-electron chi connectivity index (χ0n) is 12.0. The van der Waals surface area contributed by atoms with Gasteiger partial charge in [0.2, 0.25) is 0 Å². The van der Waals surface area contributed by atoms with E-state index in [4.69, 9.17) is 9.84 Å². The number of hydrogen-bond donors (Lipinski definition) is 1. The zero-order chi connectivity index (χ0) is 15.6. The van der Waals surface area contributed by atoms with Crippen LogP contribution in [0.2, 0.25) is 0 Å². The van der Waals surface area contributed by atoms with Crippen LogP contribution in [0.1, 0.15) is 30.1 Å². The fourth-order valence-electron chi connectivity index (χ4n) is 2.11. The zero-order valence-corrected chi connectivity index (χ0v) is 13.6. The molecule has 114 valence electrons. The third-order valence-corrected chi connectivity index (χ3v) is 4.24. The van der Waals surface area contributed by atoms with Crippen LogP contribution in [0.5, 0.6) is 5.75 Å². The van der Waals surface area contributed by atoms with Gasteiger partial charge in [0.1, 0.15) is 5.75 Å². The molecule has 1 atom stereocenters. The maximum atomic E-state index is 12.7. The Kier molecular flexibility index (Phi) is 4.88. The van der Waals surface area contributed by atoms with E-state index in [0.29, 0.717) is 15.8 Å². The van der Waals surface area contributed by atoms with Gasteiger partial charge < -0.3 is 14.7 Å². The predicted molar refractivity (Wildman–Crippen MR) is 81.6 cm³/mol. The Bertz CT molecular complexity index is 557. The molecule has 0 aromatic heterocycles. The highest BCUT2D eigenvalue weighted by Gasteiger charge is 2.35. The van der Waals surface area contributed by atoms with Gasteiger partial charge in [0.15, 0.2) is 0 Å². The van der Waals surface area contributed by atoms with Gasteiger partial charge in [-0.3, -0.25) is 9.59 Å². The third-order valence-electron chi connectivity index (χ3n) is 3.54. The quantitative estimate of drug-likeness (QED) is 0.851. The van der Waals surface area contributed by atoms with E-state index >= 15 is 0 Å². The Morgan fingerprint density at radius 1 is 1.48 bits per heavy atom. The van der Waals surface area contributed by atoms with Gasteiger partial charge in [-0.15, -0.1) is 0 Å². The largest absolute Gasteiger partial charge is 0.497 e. The van der Waals surface area contributed by atoms with Gasteiger partial charge in [-0.1, -0.05) is 6.92 Å². The van der Waals surface area contributed by atoms with Crippen molar-refractivity contribution in [3.63, 3.8) is 0 Å². The summed E-state index contributed by atoms with van der Waals surface area (Å²) < 4.78 is 5.83. The van der Waals surface area contributed by atoms with Crippen molar-refractivity contribution in [2.75, 3.05) is 13.7 Å². The van der Waals surface area contributed by atoms with Gasteiger partial charge in [0.25, 0.3) is 5.91 Å². The van der Waals surface area contributed by atoms with E-state index in [1.165, 1.54) is 0 Å². The maximum Gasteiger partial charge on any atom is 0.308 e.